The van der Waals surface area contributed by atoms with Crippen LogP contribution in [0.5, 0.6) is 0 Å². The molecule has 0 spiro atoms. The van der Waals surface area contributed by atoms with E-state index in [2.05, 4.69) is 0 Å². The summed E-state index contributed by atoms with van der Waals surface area (Å²) in [5.41, 5.74) is 0.785. The molecule has 0 bridgehead atoms. The zero-order chi connectivity index (χ0) is 8.97. The van der Waals surface area contributed by atoms with Crippen LogP contribution in [0.3, 0.4) is 0 Å². The van der Waals surface area contributed by atoms with Gasteiger partial charge in [-0.1, -0.05) is 23.7 Å². The molecule has 0 heterocycles. The maximum atomic E-state index is 8.65. The Balaban J connectivity index is 2.95. The Kier molecular flexibility index (Phi) is 3.09. The van der Waals surface area contributed by atoms with Gasteiger partial charge in [-0.15, -0.1) is 0 Å². The van der Waals surface area contributed by atoms with Crippen molar-refractivity contribution in [3.63, 3.8) is 0 Å². The minimum absolute atomic E-state index is 0.524. The van der Waals surface area contributed by atoms with Crippen LogP contribution in [0.2, 0.25) is 5.02 Å². The van der Waals surface area contributed by atoms with Crippen molar-refractivity contribution in [2.24, 2.45) is 0 Å². The molecule has 3 heteroatoms. The van der Waals surface area contributed by atoms with E-state index in [4.69, 9.17) is 21.6 Å². The third kappa shape index (κ3) is 1.97. The molecular weight excluding hydrogens is 174 g/mol. The zero-order valence-electron chi connectivity index (χ0n) is 6.62. The van der Waals surface area contributed by atoms with Gasteiger partial charge in [-0.05, 0) is 17.7 Å². The number of hydrogen-bond acceptors (Lipinski definition) is 2. The molecule has 0 amide bonds. The molecule has 0 aromatic heterocycles. The van der Waals surface area contributed by atoms with Crippen molar-refractivity contribution in [2.75, 3.05) is 7.11 Å². The highest BCUT2D eigenvalue weighted by Crippen LogP contribution is 2.19. The van der Waals surface area contributed by atoms with Gasteiger partial charge in [0, 0.05) is 12.1 Å². The van der Waals surface area contributed by atoms with Crippen LogP contribution >= 0.6 is 11.6 Å². The lowest BCUT2D eigenvalue weighted by Crippen LogP contribution is -1.97. The number of ether oxygens (including phenoxy) is 1. The second-order valence-electron chi connectivity index (χ2n) is 2.30. The quantitative estimate of drug-likeness (QED) is 0.703. The SMILES string of the molecule is CO[C@@H](C#N)c1cccc(Cl)c1. The fourth-order valence-electron chi connectivity index (χ4n) is 0.933. The van der Waals surface area contributed by atoms with E-state index in [1.165, 1.54) is 7.11 Å². The molecule has 0 unspecified atom stereocenters. The molecule has 0 aliphatic heterocycles. The van der Waals surface area contributed by atoms with Crippen molar-refractivity contribution in [3.8, 4) is 6.07 Å². The molecule has 0 saturated carbocycles. The molecule has 62 valence electrons. The molecule has 0 aliphatic rings. The van der Waals surface area contributed by atoms with Gasteiger partial charge in [0.15, 0.2) is 6.10 Å². The first kappa shape index (κ1) is 9.05. The van der Waals surface area contributed by atoms with E-state index < -0.39 is 6.10 Å². The molecule has 1 aromatic carbocycles. The van der Waals surface area contributed by atoms with Gasteiger partial charge in [0.05, 0.1) is 6.07 Å². The predicted molar refractivity (Wildman–Crippen MR) is 46.8 cm³/mol. The average Bonchev–Trinajstić information content (AvgIpc) is 2.07. The zero-order valence-corrected chi connectivity index (χ0v) is 7.38. The number of nitriles is 1. The number of methoxy groups -OCH3 is 1. The van der Waals surface area contributed by atoms with Crippen LogP contribution in [0.4, 0.5) is 0 Å². The lowest BCUT2D eigenvalue weighted by molar-refractivity contribution is 0.148. The summed E-state index contributed by atoms with van der Waals surface area (Å²) in [5, 5.41) is 9.27. The van der Waals surface area contributed by atoms with Gasteiger partial charge < -0.3 is 4.74 Å². The minimum atomic E-state index is -0.524. The normalized spacial score (nSPS) is 12.1. The molecular formula is C9H8ClNO. The summed E-state index contributed by atoms with van der Waals surface area (Å²) in [6.45, 7) is 0. The molecule has 0 radical (unpaired) electrons. The molecule has 0 fully saturated rings. The van der Waals surface area contributed by atoms with Crippen LogP contribution < -0.4 is 0 Å². The second-order valence-corrected chi connectivity index (χ2v) is 2.74. The van der Waals surface area contributed by atoms with Gasteiger partial charge in [0.2, 0.25) is 0 Å². The predicted octanol–water partition coefficient (Wildman–Crippen LogP) is 2.55. The van der Waals surface area contributed by atoms with E-state index in [-0.39, 0.29) is 0 Å². The molecule has 0 saturated heterocycles. The van der Waals surface area contributed by atoms with Crippen molar-refractivity contribution in [1.29, 1.82) is 5.26 Å². The average molecular weight is 182 g/mol. The smallest absolute Gasteiger partial charge is 0.168 e. The third-order valence-corrected chi connectivity index (χ3v) is 1.74. The van der Waals surface area contributed by atoms with E-state index in [0.717, 1.165) is 5.56 Å². The van der Waals surface area contributed by atoms with Crippen molar-refractivity contribution in [2.45, 2.75) is 6.10 Å². The van der Waals surface area contributed by atoms with Crippen LogP contribution in [0.1, 0.15) is 11.7 Å². The second kappa shape index (κ2) is 4.10. The summed E-state index contributed by atoms with van der Waals surface area (Å²) in [5.74, 6) is 0. The molecule has 1 aromatic rings. The Bertz CT molecular complexity index is 306. The molecule has 12 heavy (non-hydrogen) atoms. The van der Waals surface area contributed by atoms with Crippen molar-refractivity contribution in [3.05, 3.63) is 34.9 Å². The number of halogens is 1. The Hall–Kier alpha value is -1.04. The van der Waals surface area contributed by atoms with Gasteiger partial charge >= 0.3 is 0 Å². The standard InChI is InChI=1S/C9H8ClNO/c1-12-9(6-11)7-3-2-4-8(10)5-7/h2-5,9H,1H3/t9-/m0/s1. The van der Waals surface area contributed by atoms with E-state index in [0.29, 0.717) is 5.02 Å². The van der Waals surface area contributed by atoms with E-state index in [1.807, 2.05) is 12.1 Å². The topological polar surface area (TPSA) is 33.0 Å². The van der Waals surface area contributed by atoms with Gasteiger partial charge in [0.25, 0.3) is 0 Å². The highest BCUT2D eigenvalue weighted by Gasteiger charge is 2.07. The molecule has 1 rings (SSSR count). The van der Waals surface area contributed by atoms with Crippen molar-refractivity contribution in [1.82, 2.24) is 0 Å². The van der Waals surface area contributed by atoms with Gasteiger partial charge in [-0.25, -0.2) is 0 Å². The lowest BCUT2D eigenvalue weighted by atomic mass is 10.1. The molecule has 0 aliphatic carbocycles. The van der Waals surface area contributed by atoms with Crippen molar-refractivity contribution < 1.29 is 4.74 Å². The summed E-state index contributed by atoms with van der Waals surface area (Å²) in [6.07, 6.45) is -0.524. The number of nitrogens with zero attached hydrogens (tertiary/aromatic N) is 1. The van der Waals surface area contributed by atoms with Crippen molar-refractivity contribution >= 4 is 11.6 Å². The summed E-state index contributed by atoms with van der Waals surface area (Å²) in [6, 6.07) is 9.10. The monoisotopic (exact) mass is 181 g/mol. The molecule has 1 atom stereocenters. The van der Waals surface area contributed by atoms with E-state index in [9.17, 15) is 0 Å². The summed E-state index contributed by atoms with van der Waals surface area (Å²) in [7, 11) is 1.49. The van der Waals surface area contributed by atoms with Gasteiger partial charge in [-0.2, -0.15) is 5.26 Å². The van der Waals surface area contributed by atoms with Gasteiger partial charge in [0.1, 0.15) is 0 Å². The molecule has 2 nitrogen and oxygen atoms in total. The Morgan fingerprint density at radius 3 is 2.83 bits per heavy atom. The number of hydrogen-bond donors (Lipinski definition) is 0. The van der Waals surface area contributed by atoms with Crippen LogP contribution in [0.15, 0.2) is 24.3 Å². The van der Waals surface area contributed by atoms with Crippen LogP contribution in [-0.2, 0) is 4.74 Å². The maximum Gasteiger partial charge on any atom is 0.168 e. The highest BCUT2D eigenvalue weighted by atomic mass is 35.5. The third-order valence-electron chi connectivity index (χ3n) is 1.50. The lowest BCUT2D eigenvalue weighted by Gasteiger charge is -2.06. The maximum absolute atomic E-state index is 8.65. The number of benzene rings is 1. The van der Waals surface area contributed by atoms with Gasteiger partial charge in [-0.3, -0.25) is 0 Å². The summed E-state index contributed by atoms with van der Waals surface area (Å²) in [4.78, 5) is 0. The first-order valence-electron chi connectivity index (χ1n) is 3.46. The van der Waals surface area contributed by atoms with E-state index >= 15 is 0 Å². The summed E-state index contributed by atoms with van der Waals surface area (Å²) >= 11 is 5.74. The van der Waals surface area contributed by atoms with E-state index in [1.54, 1.807) is 18.2 Å². The van der Waals surface area contributed by atoms with Crippen LogP contribution in [0, 0.1) is 11.3 Å². The first-order valence-corrected chi connectivity index (χ1v) is 3.83. The number of rotatable bonds is 2. The summed E-state index contributed by atoms with van der Waals surface area (Å²) < 4.78 is 4.92. The highest BCUT2D eigenvalue weighted by molar-refractivity contribution is 6.30. The molecule has 0 N–H and O–H groups in total. The van der Waals surface area contributed by atoms with Crippen LogP contribution in [0.25, 0.3) is 0 Å². The minimum Gasteiger partial charge on any atom is -0.362 e. The first-order chi connectivity index (χ1) is 5.77. The fourth-order valence-corrected chi connectivity index (χ4v) is 1.13. The fraction of sp³-hybridized carbons (Fsp3) is 0.222. The Morgan fingerprint density at radius 1 is 1.58 bits per heavy atom. The largest absolute Gasteiger partial charge is 0.362 e. The Labute approximate surface area is 76.3 Å². The Morgan fingerprint density at radius 2 is 2.33 bits per heavy atom. The van der Waals surface area contributed by atoms with Crippen LogP contribution in [-0.4, -0.2) is 7.11 Å².